The Bertz CT molecular complexity index is 277. The van der Waals surface area contributed by atoms with Crippen LogP contribution in [0.25, 0.3) is 0 Å². The molecule has 0 radical (unpaired) electrons. The van der Waals surface area contributed by atoms with E-state index in [1.54, 1.807) is 0 Å². The molecule has 4 nitrogen and oxygen atoms in total. The minimum absolute atomic E-state index is 0.153. The molecule has 1 saturated carbocycles. The van der Waals surface area contributed by atoms with Gasteiger partial charge in [-0.25, -0.2) is 0 Å². The van der Waals surface area contributed by atoms with Gasteiger partial charge in [-0.15, -0.1) is 0 Å². The van der Waals surface area contributed by atoms with E-state index in [0.29, 0.717) is 24.9 Å². The van der Waals surface area contributed by atoms with Gasteiger partial charge in [-0.3, -0.25) is 4.79 Å². The number of carbonyl (C=O) groups is 1. The van der Waals surface area contributed by atoms with Crippen molar-refractivity contribution < 1.29 is 9.53 Å². The van der Waals surface area contributed by atoms with Crippen LogP contribution in [0.4, 0.5) is 0 Å². The Morgan fingerprint density at radius 1 is 1.28 bits per heavy atom. The molecule has 0 aromatic heterocycles. The van der Waals surface area contributed by atoms with Gasteiger partial charge < -0.3 is 15.4 Å². The molecule has 1 heterocycles. The maximum Gasteiger partial charge on any atom is 0.225 e. The fraction of sp³-hybridized carbons (Fsp3) is 0.929. The van der Waals surface area contributed by atoms with Crippen LogP contribution in [0, 0.1) is 5.92 Å². The van der Waals surface area contributed by atoms with Crippen LogP contribution in [-0.4, -0.2) is 43.2 Å². The lowest BCUT2D eigenvalue weighted by Crippen LogP contribution is -2.46. The molecule has 104 valence electrons. The van der Waals surface area contributed by atoms with Gasteiger partial charge in [0.25, 0.3) is 0 Å². The summed E-state index contributed by atoms with van der Waals surface area (Å²) in [6.45, 7) is 1.51. The van der Waals surface area contributed by atoms with Crippen molar-refractivity contribution in [2.24, 2.45) is 11.7 Å². The van der Waals surface area contributed by atoms with E-state index >= 15 is 0 Å². The van der Waals surface area contributed by atoms with Gasteiger partial charge in [0.15, 0.2) is 0 Å². The first kappa shape index (κ1) is 13.8. The predicted octanol–water partition coefficient (Wildman–Crippen LogP) is 1.53. The zero-order valence-electron chi connectivity index (χ0n) is 11.4. The first-order chi connectivity index (χ1) is 8.72. The second-order valence-electron chi connectivity index (χ2n) is 5.69. The van der Waals surface area contributed by atoms with Gasteiger partial charge in [0, 0.05) is 19.7 Å². The van der Waals surface area contributed by atoms with Gasteiger partial charge in [-0.1, -0.05) is 12.8 Å². The summed E-state index contributed by atoms with van der Waals surface area (Å²) in [5.41, 5.74) is 5.83. The highest BCUT2D eigenvalue weighted by Gasteiger charge is 2.31. The predicted molar refractivity (Wildman–Crippen MR) is 71.2 cm³/mol. The highest BCUT2D eigenvalue weighted by atomic mass is 16.5. The zero-order valence-corrected chi connectivity index (χ0v) is 11.4. The molecule has 2 N–H and O–H groups in total. The van der Waals surface area contributed by atoms with E-state index in [9.17, 15) is 4.79 Å². The standard InChI is InChI=1S/C14H26N2O2/c1-16(13-7-3-2-5-11(13)10-15)14(17)9-12-6-4-8-18-12/h11-13H,2-10,15H2,1H3. The summed E-state index contributed by atoms with van der Waals surface area (Å²) < 4.78 is 5.54. The third-order valence-electron chi connectivity index (χ3n) is 4.49. The highest BCUT2D eigenvalue weighted by Crippen LogP contribution is 2.28. The Morgan fingerprint density at radius 2 is 2.06 bits per heavy atom. The zero-order chi connectivity index (χ0) is 13.0. The van der Waals surface area contributed by atoms with E-state index < -0.39 is 0 Å². The molecule has 4 heteroatoms. The molecule has 1 amide bonds. The number of amides is 1. The molecule has 0 aromatic carbocycles. The highest BCUT2D eigenvalue weighted by molar-refractivity contribution is 5.76. The van der Waals surface area contributed by atoms with Crippen molar-refractivity contribution in [3.8, 4) is 0 Å². The van der Waals surface area contributed by atoms with Crippen LogP contribution in [0.5, 0.6) is 0 Å². The molecule has 1 saturated heterocycles. The largest absolute Gasteiger partial charge is 0.378 e. The van der Waals surface area contributed by atoms with Crippen molar-refractivity contribution in [3.05, 3.63) is 0 Å². The summed E-state index contributed by atoms with van der Waals surface area (Å²) in [4.78, 5) is 14.2. The minimum Gasteiger partial charge on any atom is -0.378 e. The van der Waals surface area contributed by atoms with E-state index in [1.165, 1.54) is 19.3 Å². The van der Waals surface area contributed by atoms with Crippen LogP contribution < -0.4 is 5.73 Å². The smallest absolute Gasteiger partial charge is 0.225 e. The second-order valence-corrected chi connectivity index (χ2v) is 5.69. The fourth-order valence-electron chi connectivity index (χ4n) is 3.30. The molecule has 2 fully saturated rings. The maximum absolute atomic E-state index is 12.3. The van der Waals surface area contributed by atoms with E-state index in [-0.39, 0.29) is 12.0 Å². The first-order valence-corrected chi connectivity index (χ1v) is 7.29. The van der Waals surface area contributed by atoms with Crippen molar-refractivity contribution in [2.45, 2.75) is 57.1 Å². The number of hydrogen-bond acceptors (Lipinski definition) is 3. The Balaban J connectivity index is 1.87. The van der Waals surface area contributed by atoms with Gasteiger partial charge in [0.2, 0.25) is 5.91 Å². The molecule has 1 aliphatic carbocycles. The van der Waals surface area contributed by atoms with E-state index in [2.05, 4.69) is 0 Å². The average Bonchev–Trinajstić information content (AvgIpc) is 2.90. The molecule has 2 rings (SSSR count). The molecule has 0 spiro atoms. The quantitative estimate of drug-likeness (QED) is 0.828. The molecular formula is C14H26N2O2. The minimum atomic E-state index is 0.153. The summed E-state index contributed by atoms with van der Waals surface area (Å²) >= 11 is 0. The molecule has 3 atom stereocenters. The number of rotatable bonds is 4. The van der Waals surface area contributed by atoms with E-state index in [0.717, 1.165) is 25.9 Å². The Labute approximate surface area is 110 Å². The van der Waals surface area contributed by atoms with Crippen LogP contribution in [0.15, 0.2) is 0 Å². The summed E-state index contributed by atoms with van der Waals surface area (Å²) in [6, 6.07) is 0.345. The molecule has 2 aliphatic rings. The normalized spacial score (nSPS) is 32.4. The van der Waals surface area contributed by atoms with Crippen molar-refractivity contribution in [1.29, 1.82) is 0 Å². The number of nitrogens with two attached hydrogens (primary N) is 1. The second kappa shape index (κ2) is 6.53. The average molecular weight is 254 g/mol. The number of ether oxygens (including phenoxy) is 1. The van der Waals surface area contributed by atoms with Crippen LogP contribution in [0.3, 0.4) is 0 Å². The van der Waals surface area contributed by atoms with Crippen molar-refractivity contribution in [2.75, 3.05) is 20.2 Å². The maximum atomic E-state index is 12.3. The Kier molecular flexibility index (Phi) is 5.01. The number of nitrogens with zero attached hydrogens (tertiary/aromatic N) is 1. The summed E-state index contributed by atoms with van der Waals surface area (Å²) in [6.07, 6.45) is 7.57. The van der Waals surface area contributed by atoms with Crippen LogP contribution in [0.1, 0.15) is 44.9 Å². The van der Waals surface area contributed by atoms with Gasteiger partial charge in [-0.2, -0.15) is 0 Å². The lowest BCUT2D eigenvalue weighted by atomic mass is 9.83. The molecule has 0 aromatic rings. The van der Waals surface area contributed by atoms with Gasteiger partial charge >= 0.3 is 0 Å². The van der Waals surface area contributed by atoms with E-state index in [4.69, 9.17) is 10.5 Å². The summed E-state index contributed by atoms with van der Waals surface area (Å²) in [5, 5.41) is 0. The number of hydrogen-bond donors (Lipinski definition) is 1. The Morgan fingerprint density at radius 3 is 2.72 bits per heavy atom. The molecule has 3 unspecified atom stereocenters. The molecular weight excluding hydrogens is 228 g/mol. The van der Waals surface area contributed by atoms with Gasteiger partial charge in [0.1, 0.15) is 0 Å². The fourth-order valence-corrected chi connectivity index (χ4v) is 3.30. The third kappa shape index (κ3) is 3.23. The SMILES string of the molecule is CN(C(=O)CC1CCCO1)C1CCCCC1CN. The van der Waals surface area contributed by atoms with Crippen LogP contribution in [-0.2, 0) is 9.53 Å². The molecule has 0 bridgehead atoms. The Hall–Kier alpha value is -0.610. The lowest BCUT2D eigenvalue weighted by Gasteiger charge is -2.37. The van der Waals surface area contributed by atoms with E-state index in [1.807, 2.05) is 11.9 Å². The van der Waals surface area contributed by atoms with Crippen LogP contribution in [0.2, 0.25) is 0 Å². The number of carbonyl (C=O) groups excluding carboxylic acids is 1. The topological polar surface area (TPSA) is 55.6 Å². The van der Waals surface area contributed by atoms with Crippen molar-refractivity contribution in [1.82, 2.24) is 4.90 Å². The summed E-state index contributed by atoms with van der Waals surface area (Å²) in [7, 11) is 1.94. The van der Waals surface area contributed by atoms with Gasteiger partial charge in [-0.05, 0) is 38.1 Å². The first-order valence-electron chi connectivity index (χ1n) is 7.29. The third-order valence-corrected chi connectivity index (χ3v) is 4.49. The lowest BCUT2D eigenvalue weighted by molar-refractivity contribution is -0.135. The van der Waals surface area contributed by atoms with Gasteiger partial charge in [0.05, 0.1) is 12.5 Å². The molecule has 18 heavy (non-hydrogen) atoms. The van der Waals surface area contributed by atoms with Crippen molar-refractivity contribution >= 4 is 5.91 Å². The monoisotopic (exact) mass is 254 g/mol. The molecule has 1 aliphatic heterocycles. The summed E-state index contributed by atoms with van der Waals surface area (Å²) in [5.74, 6) is 0.712. The van der Waals surface area contributed by atoms with Crippen LogP contribution >= 0.6 is 0 Å². The van der Waals surface area contributed by atoms with Crippen molar-refractivity contribution in [3.63, 3.8) is 0 Å².